The Morgan fingerprint density at radius 1 is 1.22 bits per heavy atom. The number of likely N-dealkylation sites (tertiary alicyclic amines) is 1. The van der Waals surface area contributed by atoms with E-state index in [-0.39, 0.29) is 6.10 Å². The number of aliphatic hydroxyl groups excluding tert-OH is 1. The highest BCUT2D eigenvalue weighted by atomic mass is 35.5. The number of aromatic nitrogens is 1. The number of piperidine rings is 1. The van der Waals surface area contributed by atoms with E-state index in [1.54, 1.807) is 7.11 Å². The van der Waals surface area contributed by atoms with Crippen LogP contribution < -0.4 is 4.74 Å². The zero-order valence-electron chi connectivity index (χ0n) is 15.4. The molecule has 0 bridgehead atoms. The summed E-state index contributed by atoms with van der Waals surface area (Å²) < 4.78 is 5.58. The van der Waals surface area contributed by atoms with E-state index in [0.29, 0.717) is 11.6 Å². The molecule has 3 aromatic rings. The molecule has 0 saturated carbocycles. The highest BCUT2D eigenvalue weighted by Gasteiger charge is 2.21. The van der Waals surface area contributed by atoms with Crippen LogP contribution in [0.2, 0.25) is 5.02 Å². The quantitative estimate of drug-likeness (QED) is 0.720. The lowest BCUT2D eigenvalue weighted by atomic mass is 10.0. The van der Waals surface area contributed by atoms with E-state index >= 15 is 0 Å². The Balaban J connectivity index is 1.83. The van der Waals surface area contributed by atoms with Crippen molar-refractivity contribution >= 4 is 22.5 Å². The van der Waals surface area contributed by atoms with Crippen LogP contribution in [0.5, 0.6) is 5.75 Å². The Kier molecular flexibility index (Phi) is 5.30. The number of β-amino-alcohol motifs (C(OH)–C–C–N with tert-alkyl or cyclic N) is 1. The maximum atomic E-state index is 10.0. The molecule has 2 heterocycles. The van der Waals surface area contributed by atoms with Crippen LogP contribution in [0.1, 0.15) is 18.4 Å². The first kappa shape index (κ1) is 18.2. The third-order valence-electron chi connectivity index (χ3n) is 5.10. The van der Waals surface area contributed by atoms with Crippen molar-refractivity contribution in [2.45, 2.75) is 25.5 Å². The Labute approximate surface area is 164 Å². The van der Waals surface area contributed by atoms with E-state index in [0.717, 1.165) is 59.4 Å². The molecule has 1 aliphatic rings. The molecule has 140 valence electrons. The molecule has 1 unspecified atom stereocenters. The van der Waals surface area contributed by atoms with E-state index in [1.165, 1.54) is 0 Å². The summed E-state index contributed by atoms with van der Waals surface area (Å²) in [6.45, 7) is 2.43. The van der Waals surface area contributed by atoms with E-state index in [1.807, 2.05) is 42.5 Å². The number of hydrogen-bond acceptors (Lipinski definition) is 4. The summed E-state index contributed by atoms with van der Waals surface area (Å²) in [6.07, 6.45) is 1.65. The molecule has 1 aliphatic heterocycles. The second kappa shape index (κ2) is 7.85. The number of aliphatic hydroxyl groups is 1. The number of hydrogen-bond donors (Lipinski definition) is 1. The first-order chi connectivity index (χ1) is 13.1. The van der Waals surface area contributed by atoms with Crippen LogP contribution in [0.25, 0.3) is 22.2 Å². The number of pyridine rings is 1. The van der Waals surface area contributed by atoms with E-state index < -0.39 is 0 Å². The molecule has 27 heavy (non-hydrogen) atoms. The third kappa shape index (κ3) is 3.93. The molecule has 1 saturated heterocycles. The molecule has 2 aromatic carbocycles. The van der Waals surface area contributed by atoms with Gasteiger partial charge in [0.2, 0.25) is 0 Å². The second-order valence-corrected chi connectivity index (χ2v) is 7.50. The van der Waals surface area contributed by atoms with Crippen molar-refractivity contribution in [1.29, 1.82) is 0 Å². The van der Waals surface area contributed by atoms with Crippen LogP contribution in [0.15, 0.2) is 48.5 Å². The Hall–Kier alpha value is -2.14. The number of ether oxygens (including phenoxy) is 1. The maximum Gasteiger partial charge on any atom is 0.128 e. The van der Waals surface area contributed by atoms with Crippen LogP contribution in [-0.4, -0.2) is 41.3 Å². The van der Waals surface area contributed by atoms with Crippen LogP contribution in [-0.2, 0) is 6.54 Å². The standard InChI is InChI=1S/C22H23ClN2O2/c1-27-21-7-3-2-6-19(21)22-16(13-25-10-4-5-18(26)14-25)11-15-8-9-17(23)12-20(15)24-22/h2-3,6-9,11-12,18,26H,4-5,10,13-14H2,1H3. The van der Waals surface area contributed by atoms with Crippen molar-refractivity contribution in [3.8, 4) is 17.0 Å². The van der Waals surface area contributed by atoms with Crippen LogP contribution in [0.4, 0.5) is 0 Å². The fourth-order valence-electron chi connectivity index (χ4n) is 3.79. The molecule has 0 radical (unpaired) electrons. The molecular formula is C22H23ClN2O2. The smallest absolute Gasteiger partial charge is 0.128 e. The number of fused-ring (bicyclic) bond motifs is 1. The van der Waals surface area contributed by atoms with Crippen molar-refractivity contribution in [2.75, 3.05) is 20.2 Å². The fourth-order valence-corrected chi connectivity index (χ4v) is 3.96. The van der Waals surface area contributed by atoms with Crippen LogP contribution in [0.3, 0.4) is 0 Å². The SMILES string of the molecule is COc1ccccc1-c1nc2cc(Cl)ccc2cc1CN1CCCC(O)C1. The van der Waals surface area contributed by atoms with Gasteiger partial charge in [-0.05, 0) is 55.3 Å². The van der Waals surface area contributed by atoms with Crippen molar-refractivity contribution in [2.24, 2.45) is 0 Å². The molecule has 4 rings (SSSR count). The summed E-state index contributed by atoms with van der Waals surface area (Å²) in [7, 11) is 1.68. The number of nitrogens with zero attached hydrogens (tertiary/aromatic N) is 2. The van der Waals surface area contributed by atoms with Crippen molar-refractivity contribution in [1.82, 2.24) is 9.88 Å². The predicted octanol–water partition coefficient (Wildman–Crippen LogP) is 4.52. The topological polar surface area (TPSA) is 45.6 Å². The van der Waals surface area contributed by atoms with Gasteiger partial charge in [0.15, 0.2) is 0 Å². The van der Waals surface area contributed by atoms with Gasteiger partial charge in [-0.2, -0.15) is 0 Å². The average molecular weight is 383 g/mol. The molecule has 5 heteroatoms. The molecule has 0 spiro atoms. The van der Waals surface area contributed by atoms with E-state index in [2.05, 4.69) is 11.0 Å². The van der Waals surface area contributed by atoms with Gasteiger partial charge in [-0.1, -0.05) is 29.8 Å². The Morgan fingerprint density at radius 3 is 2.89 bits per heavy atom. The highest BCUT2D eigenvalue weighted by molar-refractivity contribution is 6.31. The van der Waals surface area contributed by atoms with Gasteiger partial charge in [0, 0.05) is 29.1 Å². The number of benzene rings is 2. The lowest BCUT2D eigenvalue weighted by Gasteiger charge is -2.30. The van der Waals surface area contributed by atoms with Gasteiger partial charge >= 0.3 is 0 Å². The molecule has 4 nitrogen and oxygen atoms in total. The molecule has 1 N–H and O–H groups in total. The van der Waals surface area contributed by atoms with Gasteiger partial charge in [0.05, 0.1) is 24.4 Å². The van der Waals surface area contributed by atoms with Crippen LogP contribution >= 0.6 is 11.6 Å². The first-order valence-corrected chi connectivity index (χ1v) is 9.65. The molecular weight excluding hydrogens is 360 g/mol. The van der Waals surface area contributed by atoms with Crippen molar-refractivity contribution in [3.05, 3.63) is 59.1 Å². The van der Waals surface area contributed by atoms with Crippen LogP contribution in [0, 0.1) is 0 Å². The van der Waals surface area contributed by atoms with Gasteiger partial charge < -0.3 is 9.84 Å². The largest absolute Gasteiger partial charge is 0.496 e. The molecule has 1 fully saturated rings. The monoisotopic (exact) mass is 382 g/mol. The predicted molar refractivity (Wildman–Crippen MR) is 109 cm³/mol. The van der Waals surface area contributed by atoms with Gasteiger partial charge in [-0.25, -0.2) is 4.98 Å². The summed E-state index contributed by atoms with van der Waals surface area (Å²) in [4.78, 5) is 7.24. The summed E-state index contributed by atoms with van der Waals surface area (Å²) in [5.41, 5.74) is 3.87. The summed E-state index contributed by atoms with van der Waals surface area (Å²) in [6, 6.07) is 15.9. The zero-order valence-corrected chi connectivity index (χ0v) is 16.1. The normalized spacial score (nSPS) is 18.0. The molecule has 1 atom stereocenters. The van der Waals surface area contributed by atoms with Crippen molar-refractivity contribution < 1.29 is 9.84 Å². The van der Waals surface area contributed by atoms with Crippen molar-refractivity contribution in [3.63, 3.8) is 0 Å². The molecule has 1 aromatic heterocycles. The van der Waals surface area contributed by atoms with Gasteiger partial charge in [-0.15, -0.1) is 0 Å². The zero-order chi connectivity index (χ0) is 18.8. The number of para-hydroxylation sites is 1. The highest BCUT2D eigenvalue weighted by Crippen LogP contribution is 2.34. The van der Waals surface area contributed by atoms with Gasteiger partial charge in [-0.3, -0.25) is 4.90 Å². The van der Waals surface area contributed by atoms with E-state index in [4.69, 9.17) is 21.3 Å². The molecule has 0 amide bonds. The first-order valence-electron chi connectivity index (χ1n) is 9.27. The Bertz CT molecular complexity index is 960. The average Bonchev–Trinajstić information content (AvgIpc) is 2.67. The fraction of sp³-hybridized carbons (Fsp3) is 0.318. The van der Waals surface area contributed by atoms with E-state index in [9.17, 15) is 5.11 Å². The number of methoxy groups -OCH3 is 1. The summed E-state index contributed by atoms with van der Waals surface area (Å²) >= 11 is 6.19. The number of halogens is 1. The minimum absolute atomic E-state index is 0.249. The lowest BCUT2D eigenvalue weighted by Crippen LogP contribution is -2.37. The summed E-state index contributed by atoms with van der Waals surface area (Å²) in [5.74, 6) is 0.798. The maximum absolute atomic E-state index is 10.0. The van der Waals surface area contributed by atoms with Gasteiger partial charge in [0.1, 0.15) is 5.75 Å². The minimum atomic E-state index is -0.249. The summed E-state index contributed by atoms with van der Waals surface area (Å²) in [5, 5.41) is 11.8. The Morgan fingerprint density at radius 2 is 2.07 bits per heavy atom. The second-order valence-electron chi connectivity index (χ2n) is 7.06. The van der Waals surface area contributed by atoms with Gasteiger partial charge in [0.25, 0.3) is 0 Å². The lowest BCUT2D eigenvalue weighted by molar-refractivity contribution is 0.0669. The minimum Gasteiger partial charge on any atom is -0.496 e. The third-order valence-corrected chi connectivity index (χ3v) is 5.33. The molecule has 0 aliphatic carbocycles. The number of rotatable bonds is 4.